The van der Waals surface area contributed by atoms with E-state index in [1.54, 1.807) is 17.1 Å². The van der Waals surface area contributed by atoms with Gasteiger partial charge in [-0.05, 0) is 29.9 Å². The Labute approximate surface area is 137 Å². The molecule has 1 amide bonds. The van der Waals surface area contributed by atoms with E-state index in [0.717, 1.165) is 17.5 Å². The lowest BCUT2D eigenvalue weighted by Gasteiger charge is -2.39. The molecule has 1 unspecified atom stereocenters. The van der Waals surface area contributed by atoms with E-state index in [4.69, 9.17) is 0 Å². The van der Waals surface area contributed by atoms with Gasteiger partial charge in [0, 0.05) is 17.8 Å². The number of hydrogen-bond donors (Lipinski definition) is 1. The molecule has 0 spiro atoms. The zero-order valence-corrected chi connectivity index (χ0v) is 13.8. The van der Waals surface area contributed by atoms with Gasteiger partial charge in [-0.2, -0.15) is 0 Å². The number of benzene rings is 1. The molecule has 0 radical (unpaired) electrons. The second kappa shape index (κ2) is 6.52. The maximum absolute atomic E-state index is 12.8. The van der Waals surface area contributed by atoms with Crippen molar-refractivity contribution in [3.63, 3.8) is 0 Å². The predicted octanol–water partition coefficient (Wildman–Crippen LogP) is 3.03. The van der Waals surface area contributed by atoms with Crippen molar-refractivity contribution in [2.45, 2.75) is 52.1 Å². The zero-order valence-electron chi connectivity index (χ0n) is 13.8. The van der Waals surface area contributed by atoms with Crippen LogP contribution in [0, 0.1) is 5.41 Å². The Kier molecular flexibility index (Phi) is 4.46. The van der Waals surface area contributed by atoms with Crippen LogP contribution in [0.25, 0.3) is 0 Å². The molecule has 5 nitrogen and oxygen atoms in total. The third kappa shape index (κ3) is 3.60. The van der Waals surface area contributed by atoms with Crippen LogP contribution in [0.5, 0.6) is 0 Å². The largest absolute Gasteiger partial charge is 0.349 e. The lowest BCUT2D eigenvalue weighted by Crippen LogP contribution is -2.47. The van der Waals surface area contributed by atoms with Crippen LogP contribution in [0.4, 0.5) is 0 Å². The first-order chi connectivity index (χ1) is 11.1. The summed E-state index contributed by atoms with van der Waals surface area (Å²) in [5.74, 6) is 0.0145. The molecule has 1 aliphatic rings. The molecular weight excluding hydrogens is 288 g/mol. The molecule has 0 bridgehead atoms. The Morgan fingerprint density at radius 2 is 2.17 bits per heavy atom. The van der Waals surface area contributed by atoms with Gasteiger partial charge in [-0.1, -0.05) is 50.1 Å². The fourth-order valence-corrected chi connectivity index (χ4v) is 3.37. The molecule has 3 rings (SSSR count). The molecule has 1 aromatic heterocycles. The van der Waals surface area contributed by atoms with Gasteiger partial charge in [0.1, 0.15) is 0 Å². The van der Waals surface area contributed by atoms with E-state index >= 15 is 0 Å². The van der Waals surface area contributed by atoms with Crippen LogP contribution in [-0.2, 0) is 6.54 Å². The molecule has 0 saturated heterocycles. The van der Waals surface area contributed by atoms with Gasteiger partial charge in [-0.25, -0.2) is 4.68 Å². The van der Waals surface area contributed by atoms with Crippen LogP contribution < -0.4 is 5.32 Å². The van der Waals surface area contributed by atoms with Gasteiger partial charge in [-0.15, -0.1) is 5.10 Å². The van der Waals surface area contributed by atoms with Crippen LogP contribution in [0.3, 0.4) is 0 Å². The van der Waals surface area contributed by atoms with E-state index in [9.17, 15) is 4.79 Å². The number of nitrogens with one attached hydrogen (secondary N) is 1. The van der Waals surface area contributed by atoms with Gasteiger partial charge >= 0.3 is 0 Å². The quantitative estimate of drug-likeness (QED) is 0.944. The summed E-state index contributed by atoms with van der Waals surface area (Å²) in [4.78, 5) is 12.8. The third-order valence-corrected chi connectivity index (χ3v) is 4.88. The highest BCUT2D eigenvalue weighted by Crippen LogP contribution is 2.35. The third-order valence-electron chi connectivity index (χ3n) is 4.88. The number of amides is 1. The summed E-state index contributed by atoms with van der Waals surface area (Å²) < 4.78 is 1.73. The van der Waals surface area contributed by atoms with Gasteiger partial charge in [0.15, 0.2) is 0 Å². The molecule has 1 N–H and O–H groups in total. The van der Waals surface area contributed by atoms with Crippen LogP contribution in [0.15, 0.2) is 36.7 Å². The standard InChI is InChI=1S/C18H24N4O/c1-18(2)10-6-5-9-16(18)20-17(23)15-8-4-3-7-14(15)13-22-12-11-19-21-22/h3-4,7-8,11-12,16H,5-6,9-10,13H2,1-2H3,(H,20,23). The Hall–Kier alpha value is -2.17. The molecule has 2 aromatic rings. The minimum absolute atomic E-state index is 0.0145. The lowest BCUT2D eigenvalue weighted by molar-refractivity contribution is 0.0852. The summed E-state index contributed by atoms with van der Waals surface area (Å²) in [6, 6.07) is 7.96. The molecule has 1 aromatic carbocycles. The smallest absolute Gasteiger partial charge is 0.251 e. The van der Waals surface area contributed by atoms with Crippen molar-refractivity contribution in [2.75, 3.05) is 0 Å². The molecule has 0 aliphatic heterocycles. The topological polar surface area (TPSA) is 59.8 Å². The highest BCUT2D eigenvalue weighted by Gasteiger charge is 2.33. The first-order valence-electron chi connectivity index (χ1n) is 8.29. The first-order valence-corrected chi connectivity index (χ1v) is 8.29. The van der Waals surface area contributed by atoms with Crippen molar-refractivity contribution in [1.29, 1.82) is 0 Å². The van der Waals surface area contributed by atoms with Crippen molar-refractivity contribution >= 4 is 5.91 Å². The maximum Gasteiger partial charge on any atom is 0.251 e. The summed E-state index contributed by atoms with van der Waals surface area (Å²) in [7, 11) is 0. The SMILES string of the molecule is CC1(C)CCCCC1NC(=O)c1ccccc1Cn1ccnn1. The molecule has 1 aliphatic carbocycles. The second-order valence-electron chi connectivity index (χ2n) is 7.02. The van der Waals surface area contributed by atoms with E-state index in [1.165, 1.54) is 19.3 Å². The number of aromatic nitrogens is 3. The van der Waals surface area contributed by atoms with E-state index in [-0.39, 0.29) is 17.4 Å². The van der Waals surface area contributed by atoms with E-state index in [0.29, 0.717) is 6.54 Å². The van der Waals surface area contributed by atoms with E-state index < -0.39 is 0 Å². The minimum Gasteiger partial charge on any atom is -0.349 e. The van der Waals surface area contributed by atoms with E-state index in [2.05, 4.69) is 29.5 Å². The summed E-state index contributed by atoms with van der Waals surface area (Å²) in [5, 5.41) is 11.1. The lowest BCUT2D eigenvalue weighted by atomic mass is 9.73. The van der Waals surface area contributed by atoms with Crippen molar-refractivity contribution in [3.8, 4) is 0 Å². The fraction of sp³-hybridized carbons (Fsp3) is 0.500. The first kappa shape index (κ1) is 15.7. The van der Waals surface area contributed by atoms with Gasteiger partial charge in [0.05, 0.1) is 12.7 Å². The second-order valence-corrected chi connectivity index (χ2v) is 7.02. The number of carbonyl (C=O) groups excluding carboxylic acids is 1. The Morgan fingerprint density at radius 1 is 1.35 bits per heavy atom. The number of nitrogens with zero attached hydrogens (tertiary/aromatic N) is 3. The molecular formula is C18H24N4O. The number of carbonyl (C=O) groups is 1. The van der Waals surface area contributed by atoms with Crippen molar-refractivity contribution in [2.24, 2.45) is 5.41 Å². The van der Waals surface area contributed by atoms with Crippen LogP contribution >= 0.6 is 0 Å². The normalized spacial score (nSPS) is 20.2. The predicted molar refractivity (Wildman–Crippen MR) is 89.1 cm³/mol. The molecule has 1 heterocycles. The highest BCUT2D eigenvalue weighted by molar-refractivity contribution is 5.95. The summed E-state index contributed by atoms with van der Waals surface area (Å²) >= 11 is 0. The van der Waals surface area contributed by atoms with Crippen LogP contribution in [0.2, 0.25) is 0 Å². The monoisotopic (exact) mass is 312 g/mol. The summed E-state index contributed by atoms with van der Waals surface area (Å²) in [6.45, 7) is 5.05. The molecule has 1 saturated carbocycles. The highest BCUT2D eigenvalue weighted by atomic mass is 16.1. The average Bonchev–Trinajstić information content (AvgIpc) is 3.03. The van der Waals surface area contributed by atoms with Crippen LogP contribution in [-0.4, -0.2) is 26.9 Å². The van der Waals surface area contributed by atoms with Crippen molar-refractivity contribution < 1.29 is 4.79 Å². The number of hydrogen-bond acceptors (Lipinski definition) is 3. The minimum atomic E-state index is 0.0145. The van der Waals surface area contributed by atoms with Gasteiger partial charge in [0.25, 0.3) is 5.91 Å². The van der Waals surface area contributed by atoms with Crippen molar-refractivity contribution in [1.82, 2.24) is 20.3 Å². The molecule has 5 heteroatoms. The maximum atomic E-state index is 12.8. The molecule has 1 fully saturated rings. The number of rotatable bonds is 4. The fourth-order valence-electron chi connectivity index (χ4n) is 3.37. The van der Waals surface area contributed by atoms with Gasteiger partial charge in [0.2, 0.25) is 0 Å². The van der Waals surface area contributed by atoms with E-state index in [1.807, 2.05) is 24.3 Å². The van der Waals surface area contributed by atoms with Crippen molar-refractivity contribution in [3.05, 3.63) is 47.8 Å². The van der Waals surface area contributed by atoms with Gasteiger partial charge < -0.3 is 5.32 Å². The Morgan fingerprint density at radius 3 is 2.91 bits per heavy atom. The zero-order chi connectivity index (χ0) is 16.3. The molecule has 1 atom stereocenters. The Balaban J connectivity index is 1.77. The molecule has 122 valence electrons. The van der Waals surface area contributed by atoms with Crippen LogP contribution in [0.1, 0.15) is 55.5 Å². The summed E-state index contributed by atoms with van der Waals surface area (Å²) in [6.07, 6.45) is 8.12. The van der Waals surface area contributed by atoms with Gasteiger partial charge in [-0.3, -0.25) is 4.79 Å². The summed E-state index contributed by atoms with van der Waals surface area (Å²) in [5.41, 5.74) is 1.85. The Bertz CT molecular complexity index is 663. The molecule has 23 heavy (non-hydrogen) atoms. The average molecular weight is 312 g/mol.